The lowest BCUT2D eigenvalue weighted by Gasteiger charge is -2.32. The van der Waals surface area contributed by atoms with Crippen molar-refractivity contribution >= 4 is 25.4 Å². The third-order valence-corrected chi connectivity index (χ3v) is 6.78. The summed E-state index contributed by atoms with van der Waals surface area (Å²) >= 11 is 0. The van der Waals surface area contributed by atoms with Crippen molar-refractivity contribution in [3.05, 3.63) is 76.0 Å². The first-order valence-electron chi connectivity index (χ1n) is 10.7. The second-order valence-corrected chi connectivity index (χ2v) is 14.8. The third-order valence-electron chi connectivity index (χ3n) is 5.62. The van der Waals surface area contributed by atoms with Crippen LogP contribution in [0.5, 0.6) is 0 Å². The Labute approximate surface area is 181 Å². The lowest BCUT2D eigenvalue weighted by atomic mass is 9.71. The minimum absolute atomic E-state index is 0.0196. The Bertz CT molecular complexity index is 992. The number of carbonyl (C=O) groups is 2. The summed E-state index contributed by atoms with van der Waals surface area (Å²) in [6, 6.07) is 13.9. The van der Waals surface area contributed by atoms with Crippen LogP contribution in [0.25, 0.3) is 5.57 Å². The number of rotatable bonds is 5. The predicted molar refractivity (Wildman–Crippen MR) is 126 cm³/mol. The van der Waals surface area contributed by atoms with E-state index in [1.54, 1.807) is 6.92 Å². The summed E-state index contributed by atoms with van der Waals surface area (Å²) in [5, 5.41) is 0. The van der Waals surface area contributed by atoms with E-state index in [9.17, 15) is 9.59 Å². The SMILES string of the molecule is CCOC(=O)c1ccc(/C(=C/[Si](C)(C)C)c2ccc3c(c2)C(=O)CCC3(C)C)cc1. The van der Waals surface area contributed by atoms with Crippen molar-refractivity contribution in [2.24, 2.45) is 0 Å². The van der Waals surface area contributed by atoms with Crippen LogP contribution in [0.4, 0.5) is 0 Å². The van der Waals surface area contributed by atoms with Crippen molar-refractivity contribution in [2.45, 2.75) is 58.7 Å². The Morgan fingerprint density at radius 1 is 1.03 bits per heavy atom. The smallest absolute Gasteiger partial charge is 0.338 e. The quantitative estimate of drug-likeness (QED) is 0.414. The van der Waals surface area contributed by atoms with Gasteiger partial charge in [-0.25, -0.2) is 4.79 Å². The summed E-state index contributed by atoms with van der Waals surface area (Å²) in [6.45, 7) is 13.5. The van der Waals surface area contributed by atoms with E-state index in [4.69, 9.17) is 4.74 Å². The standard InChI is InChI=1S/C26H32O3Si/c1-7-29-25(28)19-10-8-18(9-11-19)22(17-30(4,5)6)20-12-13-23-21(16-20)24(27)14-15-26(23,2)3/h8-13,16-17H,7,14-15H2,1-6H3/b22-17-. The van der Waals surface area contributed by atoms with Crippen molar-refractivity contribution in [2.75, 3.05) is 6.61 Å². The summed E-state index contributed by atoms with van der Waals surface area (Å²) in [4.78, 5) is 24.7. The van der Waals surface area contributed by atoms with Gasteiger partial charge < -0.3 is 4.74 Å². The molecular weight excluding hydrogens is 388 g/mol. The minimum Gasteiger partial charge on any atom is -0.462 e. The van der Waals surface area contributed by atoms with Gasteiger partial charge in [0.2, 0.25) is 0 Å². The van der Waals surface area contributed by atoms with Crippen molar-refractivity contribution in [3.8, 4) is 0 Å². The topological polar surface area (TPSA) is 43.4 Å². The first-order valence-corrected chi connectivity index (χ1v) is 14.3. The van der Waals surface area contributed by atoms with E-state index in [-0.39, 0.29) is 17.2 Å². The molecule has 0 saturated carbocycles. The van der Waals surface area contributed by atoms with Crippen LogP contribution in [0, 0.1) is 0 Å². The van der Waals surface area contributed by atoms with Crippen LogP contribution in [0.15, 0.2) is 48.2 Å². The monoisotopic (exact) mass is 420 g/mol. The molecule has 1 aliphatic carbocycles. The molecule has 0 unspecified atom stereocenters. The average Bonchev–Trinajstić information content (AvgIpc) is 2.69. The second-order valence-electron chi connectivity index (χ2n) is 9.79. The van der Waals surface area contributed by atoms with Crippen LogP contribution in [-0.2, 0) is 10.2 Å². The number of fused-ring (bicyclic) bond motifs is 1. The lowest BCUT2D eigenvalue weighted by molar-refractivity contribution is 0.0526. The highest BCUT2D eigenvalue weighted by Gasteiger charge is 2.32. The zero-order valence-electron chi connectivity index (χ0n) is 19.0. The number of hydrogen-bond donors (Lipinski definition) is 0. The third kappa shape index (κ3) is 4.81. The highest BCUT2D eigenvalue weighted by Crippen LogP contribution is 2.38. The van der Waals surface area contributed by atoms with Gasteiger partial charge in [-0.3, -0.25) is 4.79 Å². The molecule has 0 saturated heterocycles. The Morgan fingerprint density at radius 3 is 2.23 bits per heavy atom. The Hall–Kier alpha value is -2.46. The highest BCUT2D eigenvalue weighted by atomic mass is 28.3. The van der Waals surface area contributed by atoms with E-state index in [1.807, 2.05) is 24.3 Å². The molecule has 4 heteroatoms. The Kier molecular flexibility index (Phi) is 6.18. The molecule has 2 aromatic carbocycles. The van der Waals surface area contributed by atoms with E-state index in [0.717, 1.165) is 34.2 Å². The van der Waals surface area contributed by atoms with Crippen molar-refractivity contribution < 1.29 is 14.3 Å². The number of Topliss-reactive ketones (excluding diaryl/α,β-unsaturated/α-hetero) is 1. The van der Waals surface area contributed by atoms with Gasteiger partial charge in [0.1, 0.15) is 0 Å². The molecule has 0 radical (unpaired) electrons. The summed E-state index contributed by atoms with van der Waals surface area (Å²) in [7, 11) is -1.55. The van der Waals surface area contributed by atoms with Crippen LogP contribution in [0.1, 0.15) is 71.0 Å². The molecule has 2 aromatic rings. The number of benzene rings is 2. The zero-order valence-corrected chi connectivity index (χ0v) is 20.0. The largest absolute Gasteiger partial charge is 0.462 e. The fraction of sp³-hybridized carbons (Fsp3) is 0.385. The van der Waals surface area contributed by atoms with Crippen molar-refractivity contribution in [1.29, 1.82) is 0 Å². The number of ether oxygens (including phenoxy) is 1. The molecule has 0 atom stereocenters. The number of hydrogen-bond acceptors (Lipinski definition) is 3. The normalized spacial score (nSPS) is 16.2. The molecule has 0 spiro atoms. The van der Waals surface area contributed by atoms with Crippen LogP contribution in [0.2, 0.25) is 19.6 Å². The lowest BCUT2D eigenvalue weighted by Crippen LogP contribution is -2.27. The van der Waals surface area contributed by atoms with Crippen LogP contribution >= 0.6 is 0 Å². The van der Waals surface area contributed by atoms with Gasteiger partial charge in [0.25, 0.3) is 0 Å². The number of ketones is 1. The molecule has 1 aliphatic rings. The summed E-state index contributed by atoms with van der Waals surface area (Å²) < 4.78 is 5.10. The minimum atomic E-state index is -1.55. The van der Waals surface area contributed by atoms with Crippen molar-refractivity contribution in [3.63, 3.8) is 0 Å². The molecular formula is C26H32O3Si. The van der Waals surface area contributed by atoms with E-state index in [0.29, 0.717) is 18.6 Å². The summed E-state index contributed by atoms with van der Waals surface area (Å²) in [5.41, 5.74) is 8.18. The first kappa shape index (κ1) is 22.2. The van der Waals surface area contributed by atoms with E-state index in [2.05, 4.69) is 57.4 Å². The molecule has 3 nitrogen and oxygen atoms in total. The Balaban J connectivity index is 2.08. The fourth-order valence-electron chi connectivity index (χ4n) is 3.99. The number of esters is 1. The molecule has 158 valence electrons. The first-order chi connectivity index (χ1) is 14.0. The summed E-state index contributed by atoms with van der Waals surface area (Å²) in [6.07, 6.45) is 1.50. The van der Waals surface area contributed by atoms with E-state index in [1.165, 1.54) is 0 Å². The van der Waals surface area contributed by atoms with Gasteiger partial charge in [0.05, 0.1) is 20.2 Å². The zero-order chi connectivity index (χ0) is 22.1. The van der Waals surface area contributed by atoms with Crippen LogP contribution in [0.3, 0.4) is 0 Å². The molecule has 3 rings (SSSR count). The van der Waals surface area contributed by atoms with Gasteiger partial charge in [-0.2, -0.15) is 0 Å². The summed E-state index contributed by atoms with van der Waals surface area (Å²) in [5.74, 6) is -0.0717. The second kappa shape index (κ2) is 8.35. The average molecular weight is 421 g/mol. The maximum absolute atomic E-state index is 12.7. The molecule has 0 heterocycles. The van der Waals surface area contributed by atoms with Gasteiger partial charge in [0, 0.05) is 12.0 Å². The van der Waals surface area contributed by atoms with E-state index >= 15 is 0 Å². The van der Waals surface area contributed by atoms with Gasteiger partial charge in [-0.15, -0.1) is 0 Å². The van der Waals surface area contributed by atoms with Gasteiger partial charge in [-0.05, 0) is 59.2 Å². The fourth-order valence-corrected chi connectivity index (χ4v) is 5.19. The Morgan fingerprint density at radius 2 is 1.63 bits per heavy atom. The predicted octanol–water partition coefficient (Wildman–Crippen LogP) is 6.43. The molecule has 0 bridgehead atoms. The molecule has 0 amide bonds. The molecule has 0 aliphatic heterocycles. The van der Waals surface area contributed by atoms with Gasteiger partial charge in [-0.1, -0.05) is 63.5 Å². The van der Waals surface area contributed by atoms with Crippen molar-refractivity contribution in [1.82, 2.24) is 0 Å². The molecule has 0 N–H and O–H groups in total. The van der Waals surface area contributed by atoms with Gasteiger partial charge in [0.15, 0.2) is 5.78 Å². The molecule has 30 heavy (non-hydrogen) atoms. The maximum Gasteiger partial charge on any atom is 0.338 e. The molecule has 0 aromatic heterocycles. The highest BCUT2D eigenvalue weighted by molar-refractivity contribution is 6.81. The number of carbonyl (C=O) groups excluding carboxylic acids is 2. The van der Waals surface area contributed by atoms with Crippen LogP contribution in [-0.4, -0.2) is 26.4 Å². The molecule has 0 fully saturated rings. The van der Waals surface area contributed by atoms with E-state index < -0.39 is 8.07 Å². The van der Waals surface area contributed by atoms with Gasteiger partial charge >= 0.3 is 5.97 Å². The van der Waals surface area contributed by atoms with Crippen LogP contribution < -0.4 is 0 Å². The maximum atomic E-state index is 12.7.